The fourth-order valence-electron chi connectivity index (χ4n) is 7.97. The molecule has 1 aromatic rings. The van der Waals surface area contributed by atoms with Crippen molar-refractivity contribution in [3.8, 4) is 5.75 Å². The van der Waals surface area contributed by atoms with Gasteiger partial charge in [-0.05, 0) is 64.7 Å². The average Bonchev–Trinajstić information content (AvgIpc) is 0.959. The number of hydrogen-bond donors (Lipinski definition) is 24. The number of benzene rings is 1. The van der Waals surface area contributed by atoms with E-state index in [4.69, 9.17) is 16.6 Å². The van der Waals surface area contributed by atoms with Crippen LogP contribution in [0.3, 0.4) is 0 Å². The third-order valence-corrected chi connectivity index (χ3v) is 15.4. The van der Waals surface area contributed by atoms with Gasteiger partial charge in [0.1, 0.15) is 84.3 Å². The van der Waals surface area contributed by atoms with Gasteiger partial charge < -0.3 is 106 Å². The third-order valence-electron chi connectivity index (χ3n) is 14.0. The van der Waals surface area contributed by atoms with E-state index >= 15 is 0 Å². The van der Waals surface area contributed by atoms with Crippen LogP contribution in [0.1, 0.15) is 79.7 Å². The lowest BCUT2D eigenvalue weighted by atomic mass is 9.97. The van der Waals surface area contributed by atoms with E-state index in [0.29, 0.717) is 5.56 Å². The number of nitrogens with one attached hydrogen (secondary N) is 13. The second kappa shape index (κ2) is 42.3. The van der Waals surface area contributed by atoms with Crippen molar-refractivity contribution in [1.29, 1.82) is 0 Å². The van der Waals surface area contributed by atoms with Gasteiger partial charge in [0.15, 0.2) is 0 Å². The van der Waals surface area contributed by atoms with E-state index in [9.17, 15) is 97.1 Å². The summed E-state index contributed by atoms with van der Waals surface area (Å²) in [6.45, 7) is 8.38. The van der Waals surface area contributed by atoms with Crippen LogP contribution in [0.15, 0.2) is 24.3 Å². The van der Waals surface area contributed by atoms with Gasteiger partial charge >= 0.3 is 11.9 Å². The molecule has 532 valence electrons. The Labute approximate surface area is 567 Å². The minimum Gasteiger partial charge on any atom is -0.508 e. The second-order valence-corrected chi connectivity index (χ2v) is 23.3. The highest BCUT2D eigenvalue weighted by Crippen LogP contribution is 2.14. The van der Waals surface area contributed by atoms with Crippen LogP contribution in [0.5, 0.6) is 5.75 Å². The van der Waals surface area contributed by atoms with Crippen LogP contribution >= 0.6 is 50.5 Å². The lowest BCUT2D eigenvalue weighted by Crippen LogP contribution is -2.61. The molecule has 14 amide bonds. The molecule has 40 heteroatoms. The number of carbonyl (C=O) groups is 16. The Morgan fingerprint density at radius 2 is 0.821 bits per heavy atom. The summed E-state index contributed by atoms with van der Waals surface area (Å²) in [5.41, 5.74) is 11.2. The number of aliphatic hydroxyl groups excluding tert-OH is 2. The number of aliphatic hydroxyl groups is 2. The number of rotatable bonds is 42. The number of aliphatic carboxylic acids is 2. The van der Waals surface area contributed by atoms with Crippen LogP contribution in [0.4, 0.5) is 0 Å². The van der Waals surface area contributed by atoms with Gasteiger partial charge in [0.05, 0.1) is 25.2 Å². The molecule has 0 aliphatic carbocycles. The van der Waals surface area contributed by atoms with Gasteiger partial charge in [-0.15, -0.1) is 0 Å². The molecule has 16 atom stereocenters. The quantitative estimate of drug-likeness (QED) is 0.0270. The van der Waals surface area contributed by atoms with E-state index in [2.05, 4.69) is 120 Å². The van der Waals surface area contributed by atoms with Crippen LogP contribution in [0.2, 0.25) is 0 Å². The van der Waals surface area contributed by atoms with Gasteiger partial charge in [-0.25, -0.2) is 0 Å². The van der Waals surface area contributed by atoms with Crippen LogP contribution in [-0.2, 0) is 83.1 Å². The summed E-state index contributed by atoms with van der Waals surface area (Å²) in [6.07, 6.45) is -4.94. The Balaban J connectivity index is 3.17. The van der Waals surface area contributed by atoms with Gasteiger partial charge in [-0.1, -0.05) is 32.4 Å². The number of nitrogens with two attached hydrogens (primary N) is 2. The first-order chi connectivity index (χ1) is 44.4. The van der Waals surface area contributed by atoms with E-state index < -0.39 is 223 Å². The average molecular weight is 1420 g/mol. The maximum absolute atomic E-state index is 13.9. The minimum absolute atomic E-state index is 0.144. The zero-order valence-electron chi connectivity index (χ0n) is 52.8. The van der Waals surface area contributed by atoms with Crippen molar-refractivity contribution in [2.45, 2.75) is 171 Å². The molecule has 0 saturated heterocycles. The number of amides is 14. The molecule has 22 N–H and O–H groups in total. The standard InChI is InChI=1S/C55H87N15O21S4/c1-8-22(2)41(69-47(83)30(13-14-38(75)76)63-51(87)35(20-94)67-53(89)40(56)26(6)71)55(91)68-34(19-93)49(85)61-25(5)45(81)65-32(15-28-9-11-29(73)12-10-28)48(84)60-23(3)44(80)59-24(4)46(82)66-36(21-95)52(88)70-42(27(7)72)54(90)58-17-37(74)62-33(18-92)50(86)64-31(43(57)79)16-39(77)78/h9-12,22-27,30-36,40-42,71-73,92-95H,8,13-21,56H2,1-7H3,(H2,57,79)(H,58,90)(H,59,80)(H,60,84)(H,61,85)(H,62,74)(H,63,87)(H,64,86)(H,65,81)(H,66,82)(H,67,89)(H,68,91)(H,69,83)(H,70,88)(H,75,76)(H,77,78)/t22-,23-,24-,25-,26+,27+,30-,31-,32-,33-,34-,35-,36-,40-,41-,42-/m0/s1. The number of carboxylic acid groups (broad SMARTS) is 2. The van der Waals surface area contributed by atoms with Crippen LogP contribution in [-0.4, -0.2) is 240 Å². The van der Waals surface area contributed by atoms with Crippen molar-refractivity contribution in [3.05, 3.63) is 29.8 Å². The number of aromatic hydroxyl groups is 1. The molecular weight excluding hydrogens is 1330 g/mol. The molecule has 0 bridgehead atoms. The summed E-state index contributed by atoms with van der Waals surface area (Å²) in [4.78, 5) is 208. The molecule has 1 rings (SSSR count). The predicted octanol–water partition coefficient (Wildman–Crippen LogP) is -8.39. The molecule has 0 fully saturated rings. The number of thiol groups is 4. The first-order valence-corrected chi connectivity index (χ1v) is 31.9. The molecule has 0 radical (unpaired) electrons. The zero-order valence-corrected chi connectivity index (χ0v) is 56.4. The topological polar surface area (TPSA) is 583 Å². The molecule has 0 aliphatic rings. The molecule has 0 unspecified atom stereocenters. The number of carbonyl (C=O) groups excluding carboxylic acids is 14. The number of primary amides is 1. The molecule has 0 saturated carbocycles. The Hall–Kier alpha value is -8.18. The van der Waals surface area contributed by atoms with E-state index in [-0.39, 0.29) is 35.8 Å². The fourth-order valence-corrected chi connectivity index (χ4v) is 9.00. The summed E-state index contributed by atoms with van der Waals surface area (Å²) in [5.74, 6) is -19.3. The van der Waals surface area contributed by atoms with E-state index in [1.165, 1.54) is 52.0 Å². The normalized spacial score (nSPS) is 16.1. The van der Waals surface area contributed by atoms with Crippen LogP contribution in [0.25, 0.3) is 0 Å². The monoisotopic (exact) mass is 1420 g/mol. The lowest BCUT2D eigenvalue weighted by Gasteiger charge is -2.29. The summed E-state index contributed by atoms with van der Waals surface area (Å²) in [6, 6.07) is -14.2. The third kappa shape index (κ3) is 30.0. The minimum atomic E-state index is -1.76. The molecule has 0 spiro atoms. The van der Waals surface area contributed by atoms with Crippen molar-refractivity contribution in [2.24, 2.45) is 17.4 Å². The Bertz CT molecular complexity index is 2900. The molecule has 95 heavy (non-hydrogen) atoms. The van der Waals surface area contributed by atoms with E-state index in [1.54, 1.807) is 13.8 Å². The van der Waals surface area contributed by atoms with Crippen molar-refractivity contribution in [1.82, 2.24) is 69.1 Å². The Morgan fingerprint density at radius 1 is 0.442 bits per heavy atom. The number of phenols is 1. The second-order valence-electron chi connectivity index (χ2n) is 21.8. The summed E-state index contributed by atoms with van der Waals surface area (Å²) in [7, 11) is 0. The highest BCUT2D eigenvalue weighted by molar-refractivity contribution is 7.80. The Kier molecular flexibility index (Phi) is 37.8. The van der Waals surface area contributed by atoms with Crippen molar-refractivity contribution in [3.63, 3.8) is 0 Å². The number of hydrogen-bond acceptors (Lipinski definition) is 24. The van der Waals surface area contributed by atoms with Gasteiger partial charge in [-0.3, -0.25) is 76.7 Å². The summed E-state index contributed by atoms with van der Waals surface area (Å²) < 4.78 is 0. The largest absolute Gasteiger partial charge is 0.508 e. The van der Waals surface area contributed by atoms with Crippen molar-refractivity contribution < 1.29 is 102 Å². The highest BCUT2D eigenvalue weighted by atomic mass is 32.1. The molecule has 0 aromatic heterocycles. The molecular formula is C55H87N15O21S4. The maximum atomic E-state index is 13.9. The predicted molar refractivity (Wildman–Crippen MR) is 350 cm³/mol. The number of phenolic OH excluding ortho intramolecular Hbond substituents is 1. The lowest BCUT2D eigenvalue weighted by molar-refractivity contribution is -0.140. The van der Waals surface area contributed by atoms with E-state index in [1.807, 2.05) is 0 Å². The smallest absolute Gasteiger partial charge is 0.305 e. The molecule has 36 nitrogen and oxygen atoms in total. The van der Waals surface area contributed by atoms with E-state index in [0.717, 1.165) is 6.92 Å². The van der Waals surface area contributed by atoms with Gasteiger partial charge in [-0.2, -0.15) is 50.5 Å². The Morgan fingerprint density at radius 3 is 1.26 bits per heavy atom. The van der Waals surface area contributed by atoms with Gasteiger partial charge in [0.2, 0.25) is 82.7 Å². The first-order valence-electron chi connectivity index (χ1n) is 29.3. The summed E-state index contributed by atoms with van der Waals surface area (Å²) in [5, 5.41) is 78.6. The van der Waals surface area contributed by atoms with Crippen LogP contribution < -0.4 is 80.6 Å². The summed E-state index contributed by atoms with van der Waals surface area (Å²) >= 11 is 16.3. The maximum Gasteiger partial charge on any atom is 0.305 e. The van der Waals surface area contributed by atoms with Crippen molar-refractivity contribution >= 4 is 145 Å². The zero-order chi connectivity index (χ0) is 72.7. The molecule has 0 aliphatic heterocycles. The molecule has 0 heterocycles. The van der Waals surface area contributed by atoms with Crippen molar-refractivity contribution in [2.75, 3.05) is 29.6 Å². The van der Waals surface area contributed by atoms with Gasteiger partial charge in [0, 0.05) is 35.9 Å². The highest BCUT2D eigenvalue weighted by Gasteiger charge is 2.37. The van der Waals surface area contributed by atoms with Crippen LogP contribution in [0, 0.1) is 5.92 Å². The first kappa shape index (κ1) is 84.8. The molecule has 1 aromatic carbocycles. The van der Waals surface area contributed by atoms with Gasteiger partial charge in [0.25, 0.3) is 0 Å². The SMILES string of the molecule is CC[C@H](C)[C@H](NC(=O)[C@H](CCC(=O)O)NC(=O)[C@H](CS)NC(=O)[C@@H](N)[C@@H](C)O)C(=O)N[C@@H](CS)C(=O)N[C@@H](C)C(=O)N[C@@H](Cc1ccc(O)cc1)C(=O)N[C@@H](C)C(=O)N[C@@H](C)C(=O)N[C@@H](CS)C(=O)N[C@H](C(=O)NCC(=O)N[C@@H](CS)C(=O)N[C@@H](CC(=O)O)C(N)=O)[C@@H](C)O. The number of carboxylic acids is 2. The fraction of sp³-hybridized carbons (Fsp3) is 0.600.